The van der Waals surface area contributed by atoms with Gasteiger partial charge in [-0.2, -0.15) is 0 Å². The summed E-state index contributed by atoms with van der Waals surface area (Å²) in [5, 5.41) is 15.9. The normalized spacial score (nSPS) is 18.6. The summed E-state index contributed by atoms with van der Waals surface area (Å²) in [7, 11) is 3.37. The molecule has 4 aromatic rings. The lowest BCUT2D eigenvalue weighted by Gasteiger charge is -2.38. The number of para-hydroxylation sites is 1. The smallest absolute Gasteiger partial charge is 0.127 e. The van der Waals surface area contributed by atoms with Gasteiger partial charge in [-0.25, -0.2) is 0 Å². The van der Waals surface area contributed by atoms with Crippen LogP contribution >= 0.6 is 0 Å². The average molecular weight is 572 g/mol. The fraction of sp³-hybridized carbons (Fsp3) is 0.371. The third kappa shape index (κ3) is 7.41. The first-order chi connectivity index (χ1) is 20.7. The molecule has 0 radical (unpaired) electrons. The van der Waals surface area contributed by atoms with Gasteiger partial charge in [-0.1, -0.05) is 54.6 Å². The summed E-state index contributed by atoms with van der Waals surface area (Å²) in [6, 6.07) is 28.5. The van der Waals surface area contributed by atoms with Crippen molar-refractivity contribution in [1.29, 1.82) is 0 Å². The average Bonchev–Trinajstić information content (AvgIpc) is 3.05. The predicted octanol–water partition coefficient (Wildman–Crippen LogP) is 5.72. The van der Waals surface area contributed by atoms with Crippen LogP contribution in [0.4, 0.5) is 0 Å². The highest BCUT2D eigenvalue weighted by atomic mass is 16.5. The molecule has 0 aliphatic carbocycles. The lowest BCUT2D eigenvalue weighted by molar-refractivity contribution is -0.0151. The van der Waals surface area contributed by atoms with Gasteiger partial charge in [-0.05, 0) is 46.8 Å². The van der Waals surface area contributed by atoms with Crippen molar-refractivity contribution >= 4 is 10.8 Å². The molecule has 0 amide bonds. The van der Waals surface area contributed by atoms with Crippen molar-refractivity contribution in [2.24, 2.45) is 5.92 Å². The zero-order valence-electron chi connectivity index (χ0n) is 24.5. The van der Waals surface area contributed by atoms with Gasteiger partial charge in [-0.3, -0.25) is 0 Å². The van der Waals surface area contributed by atoms with Crippen molar-refractivity contribution in [2.45, 2.75) is 31.7 Å². The lowest BCUT2D eigenvalue weighted by Crippen LogP contribution is -2.47. The second kappa shape index (κ2) is 15.0. The third-order valence-corrected chi connectivity index (χ3v) is 7.88. The molecule has 0 bridgehead atoms. The summed E-state index contributed by atoms with van der Waals surface area (Å²) in [6.45, 7) is 3.71. The number of fused-ring (bicyclic) bond motifs is 1. The number of rotatable bonds is 14. The minimum atomic E-state index is -0.0829. The fourth-order valence-electron chi connectivity index (χ4n) is 5.73. The van der Waals surface area contributed by atoms with E-state index in [2.05, 4.69) is 35.6 Å². The van der Waals surface area contributed by atoms with Crippen LogP contribution < -0.4 is 19.5 Å². The van der Waals surface area contributed by atoms with E-state index in [0.717, 1.165) is 64.2 Å². The van der Waals surface area contributed by atoms with Gasteiger partial charge in [0.2, 0.25) is 0 Å². The molecule has 222 valence electrons. The second-order valence-electron chi connectivity index (χ2n) is 10.6. The molecule has 2 N–H and O–H groups in total. The van der Waals surface area contributed by atoms with Crippen molar-refractivity contribution in [1.82, 2.24) is 5.32 Å². The topological polar surface area (TPSA) is 78.4 Å². The summed E-state index contributed by atoms with van der Waals surface area (Å²) in [6.07, 6.45) is 0.702. The Kier molecular flexibility index (Phi) is 10.7. The molecule has 42 heavy (non-hydrogen) atoms. The molecule has 1 aliphatic rings. The molecule has 2 unspecified atom stereocenters. The van der Waals surface area contributed by atoms with Crippen LogP contribution in [0.25, 0.3) is 10.8 Å². The van der Waals surface area contributed by atoms with Crippen LogP contribution in [0.2, 0.25) is 0 Å². The Morgan fingerprint density at radius 3 is 2.40 bits per heavy atom. The SMILES string of the molecule is COc1ccccc1COCCCOc1ccc(C2C(OCc3cc(OC)c4ccccc4c3)CNC[C@H]2CO)cc1. The maximum Gasteiger partial charge on any atom is 0.127 e. The van der Waals surface area contributed by atoms with Crippen LogP contribution in [0.1, 0.15) is 29.0 Å². The van der Waals surface area contributed by atoms with Crippen molar-refractivity contribution in [3.63, 3.8) is 0 Å². The number of hydrogen-bond acceptors (Lipinski definition) is 7. The number of aliphatic hydroxyl groups is 1. The zero-order chi connectivity index (χ0) is 29.1. The first-order valence-electron chi connectivity index (χ1n) is 14.6. The summed E-state index contributed by atoms with van der Waals surface area (Å²) < 4.78 is 29.3. The van der Waals surface area contributed by atoms with Crippen LogP contribution in [-0.2, 0) is 22.7 Å². The predicted molar refractivity (Wildman–Crippen MR) is 164 cm³/mol. The minimum Gasteiger partial charge on any atom is -0.496 e. The Balaban J connectivity index is 1.15. The number of nitrogens with one attached hydrogen (secondary N) is 1. The fourth-order valence-corrected chi connectivity index (χ4v) is 5.73. The highest BCUT2D eigenvalue weighted by Crippen LogP contribution is 2.34. The Labute approximate surface area is 248 Å². The van der Waals surface area contributed by atoms with Crippen molar-refractivity contribution in [2.75, 3.05) is 47.1 Å². The highest BCUT2D eigenvalue weighted by molar-refractivity contribution is 5.89. The van der Waals surface area contributed by atoms with E-state index in [1.54, 1.807) is 14.2 Å². The monoisotopic (exact) mass is 571 g/mol. The maximum absolute atomic E-state index is 10.2. The summed E-state index contributed by atoms with van der Waals surface area (Å²) >= 11 is 0. The van der Waals surface area contributed by atoms with Crippen LogP contribution in [0.5, 0.6) is 17.2 Å². The summed E-state index contributed by atoms with van der Waals surface area (Å²) in [4.78, 5) is 0. The molecule has 0 saturated carbocycles. The van der Waals surface area contributed by atoms with Crippen molar-refractivity contribution in [3.8, 4) is 17.2 Å². The van der Waals surface area contributed by atoms with Crippen LogP contribution in [0.15, 0.2) is 84.9 Å². The lowest BCUT2D eigenvalue weighted by atomic mass is 9.79. The number of aliphatic hydroxyl groups excluding tert-OH is 1. The first-order valence-corrected chi connectivity index (χ1v) is 14.6. The molecule has 0 aromatic heterocycles. The number of benzene rings is 4. The molecule has 0 spiro atoms. The maximum atomic E-state index is 10.2. The molecule has 7 nitrogen and oxygen atoms in total. The standard InChI is InChI=1S/C35H41NO6/c1-38-32-11-6-4-9-28(32)24-40-16-7-17-41-30-14-12-26(13-15-30)35-29(22-37)20-36-21-34(35)42-23-25-18-27-8-3-5-10-31(27)33(19-25)39-2/h3-6,8-15,18-19,29,34-37H,7,16-17,20-24H2,1-2H3/t29-,34?,35?/m0/s1. The largest absolute Gasteiger partial charge is 0.496 e. The van der Waals surface area contributed by atoms with E-state index in [1.807, 2.05) is 54.6 Å². The van der Waals surface area contributed by atoms with Gasteiger partial charge in [0.15, 0.2) is 0 Å². The minimum absolute atomic E-state index is 0.0574. The molecule has 7 heteroatoms. The van der Waals surface area contributed by atoms with Gasteiger partial charge in [0.1, 0.15) is 17.2 Å². The van der Waals surface area contributed by atoms with Gasteiger partial charge in [0, 0.05) is 48.9 Å². The first kappa shape index (κ1) is 29.9. The summed E-state index contributed by atoms with van der Waals surface area (Å²) in [5.74, 6) is 2.63. The van der Waals surface area contributed by atoms with Crippen LogP contribution in [-0.4, -0.2) is 58.3 Å². The Hall–Kier alpha value is -3.62. The van der Waals surface area contributed by atoms with E-state index in [-0.39, 0.29) is 24.5 Å². The molecule has 1 aliphatic heterocycles. The van der Waals surface area contributed by atoms with Crippen LogP contribution in [0, 0.1) is 5.92 Å². The molecule has 3 atom stereocenters. The van der Waals surface area contributed by atoms with E-state index in [4.69, 9.17) is 23.7 Å². The van der Waals surface area contributed by atoms with Gasteiger partial charge < -0.3 is 34.1 Å². The molecular weight excluding hydrogens is 530 g/mol. The van der Waals surface area contributed by atoms with Crippen molar-refractivity contribution in [3.05, 3.63) is 102 Å². The molecule has 5 rings (SSSR count). The second-order valence-corrected chi connectivity index (χ2v) is 10.6. The molecule has 1 saturated heterocycles. The molecular formula is C35H41NO6. The molecule has 1 fully saturated rings. The third-order valence-electron chi connectivity index (χ3n) is 7.88. The van der Waals surface area contributed by atoms with E-state index in [9.17, 15) is 5.11 Å². The number of ether oxygens (including phenoxy) is 5. The van der Waals surface area contributed by atoms with Crippen molar-refractivity contribution < 1.29 is 28.8 Å². The van der Waals surface area contributed by atoms with E-state index in [0.29, 0.717) is 26.4 Å². The quantitative estimate of drug-likeness (QED) is 0.187. The van der Waals surface area contributed by atoms with E-state index < -0.39 is 0 Å². The van der Waals surface area contributed by atoms with E-state index >= 15 is 0 Å². The zero-order valence-corrected chi connectivity index (χ0v) is 24.5. The van der Waals surface area contributed by atoms with E-state index in [1.165, 1.54) is 0 Å². The molecule has 4 aromatic carbocycles. The van der Waals surface area contributed by atoms with Crippen LogP contribution in [0.3, 0.4) is 0 Å². The molecule has 1 heterocycles. The number of methoxy groups -OCH3 is 2. The number of hydrogen-bond donors (Lipinski definition) is 2. The van der Waals surface area contributed by atoms with Gasteiger partial charge in [-0.15, -0.1) is 0 Å². The number of piperidine rings is 1. The Morgan fingerprint density at radius 1 is 0.810 bits per heavy atom. The Morgan fingerprint density at radius 2 is 1.60 bits per heavy atom. The highest BCUT2D eigenvalue weighted by Gasteiger charge is 2.35. The summed E-state index contributed by atoms with van der Waals surface area (Å²) in [5.41, 5.74) is 3.24. The van der Waals surface area contributed by atoms with Gasteiger partial charge in [0.25, 0.3) is 0 Å². The Bertz CT molecular complexity index is 1410. The van der Waals surface area contributed by atoms with Gasteiger partial charge >= 0.3 is 0 Å². The van der Waals surface area contributed by atoms with Gasteiger partial charge in [0.05, 0.1) is 46.8 Å².